The van der Waals surface area contributed by atoms with Gasteiger partial charge in [0.05, 0.1) is 36.6 Å². The van der Waals surface area contributed by atoms with Crippen LogP contribution in [0, 0.1) is 0 Å². The molecular weight excluding hydrogens is 539 g/mol. The van der Waals surface area contributed by atoms with Gasteiger partial charge in [-0.2, -0.15) is 0 Å². The summed E-state index contributed by atoms with van der Waals surface area (Å²) < 4.78 is 16.2. The van der Waals surface area contributed by atoms with Crippen LogP contribution in [0.4, 0.5) is 5.13 Å². The summed E-state index contributed by atoms with van der Waals surface area (Å²) in [6, 6.07) is 8.54. The van der Waals surface area contributed by atoms with Gasteiger partial charge in [0, 0.05) is 34.2 Å². The summed E-state index contributed by atoms with van der Waals surface area (Å²) in [5.74, 6) is -1.43. The van der Waals surface area contributed by atoms with Crippen LogP contribution in [-0.2, 0) is 20.9 Å². The van der Waals surface area contributed by atoms with Gasteiger partial charge in [0.25, 0.3) is 5.91 Å². The lowest BCUT2D eigenvalue weighted by atomic mass is 10.1. The van der Waals surface area contributed by atoms with Crippen molar-refractivity contribution >= 4 is 57.6 Å². The molecule has 0 spiro atoms. The second-order valence-electron chi connectivity index (χ2n) is 7.77. The molecule has 0 atom stereocenters. The number of carboxylic acids is 1. The molecule has 0 aliphatic carbocycles. The number of anilines is 1. The summed E-state index contributed by atoms with van der Waals surface area (Å²) in [4.78, 5) is 28.6. The van der Waals surface area contributed by atoms with Crippen molar-refractivity contribution in [3.8, 4) is 17.0 Å². The van der Waals surface area contributed by atoms with E-state index in [1.165, 1.54) is 36.7 Å². The van der Waals surface area contributed by atoms with Crippen LogP contribution in [0.5, 0.6) is 5.75 Å². The third-order valence-corrected chi connectivity index (χ3v) is 6.63. The number of para-hydroxylation sites is 1. The van der Waals surface area contributed by atoms with Gasteiger partial charge in [-0.25, -0.2) is 9.78 Å². The fraction of sp³-hybridized carbons (Fsp3) is 0.269. The van der Waals surface area contributed by atoms with Gasteiger partial charge in [-0.05, 0) is 30.7 Å². The summed E-state index contributed by atoms with van der Waals surface area (Å²) in [6.45, 7) is 3.21. The fourth-order valence-electron chi connectivity index (χ4n) is 3.39. The Balaban J connectivity index is 1.79. The number of thiazole rings is 1. The molecule has 2 aromatic carbocycles. The van der Waals surface area contributed by atoms with Crippen molar-refractivity contribution in [3.05, 3.63) is 68.2 Å². The summed E-state index contributed by atoms with van der Waals surface area (Å²) in [6.07, 6.45) is 3.24. The van der Waals surface area contributed by atoms with Crippen LogP contribution >= 0.6 is 34.5 Å². The first kappa shape index (κ1) is 28.5. The normalized spacial score (nSPS) is 11.3. The number of unbranched alkanes of at least 4 members (excludes halogenated alkanes) is 1. The molecule has 1 amide bonds. The summed E-state index contributed by atoms with van der Waals surface area (Å²) in [7, 11) is 2.82. The number of methoxy groups -OCH3 is 2. The summed E-state index contributed by atoms with van der Waals surface area (Å²) in [5.41, 5.74) is 2.74. The standard InChI is InChI=1S/C26H26Cl2N2O6S/c1-4-5-9-36-13-15-7-6-8-17(23(15)35-3)21-14-37-26(29-21)30-24(31)16-10-19(27)18(20(28)11-16)12-22(34-2)25(32)33/h6-8,10-12,14H,4-5,9,13H2,1-3H3,(H,32,33)(H,29,30,31). The average Bonchev–Trinajstić information content (AvgIpc) is 3.34. The van der Waals surface area contributed by atoms with Gasteiger partial charge in [0.2, 0.25) is 5.76 Å². The lowest BCUT2D eigenvalue weighted by Gasteiger charge is -2.12. The van der Waals surface area contributed by atoms with Gasteiger partial charge in [0.15, 0.2) is 5.13 Å². The van der Waals surface area contributed by atoms with Crippen LogP contribution in [0.2, 0.25) is 10.0 Å². The number of carboxylic acid groups (broad SMARTS) is 1. The van der Waals surface area contributed by atoms with E-state index in [1.54, 1.807) is 7.11 Å². The molecule has 3 rings (SSSR count). The number of ether oxygens (including phenoxy) is 3. The number of rotatable bonds is 12. The van der Waals surface area contributed by atoms with E-state index in [1.807, 2.05) is 23.6 Å². The number of carbonyl (C=O) groups excluding carboxylic acids is 1. The molecule has 0 aliphatic heterocycles. The van der Waals surface area contributed by atoms with Crippen LogP contribution in [0.15, 0.2) is 41.5 Å². The molecule has 1 aromatic heterocycles. The Kier molecular flexibility index (Phi) is 10.3. The first-order chi connectivity index (χ1) is 17.8. The fourth-order valence-corrected chi connectivity index (χ4v) is 4.69. The number of carbonyl (C=O) groups is 2. The van der Waals surface area contributed by atoms with E-state index in [0.717, 1.165) is 24.0 Å². The highest BCUT2D eigenvalue weighted by atomic mass is 35.5. The molecule has 11 heteroatoms. The van der Waals surface area contributed by atoms with E-state index in [4.69, 9.17) is 42.5 Å². The van der Waals surface area contributed by atoms with Gasteiger partial charge in [0.1, 0.15) is 5.75 Å². The van der Waals surface area contributed by atoms with Crippen molar-refractivity contribution in [2.45, 2.75) is 26.4 Å². The van der Waals surface area contributed by atoms with Crippen molar-refractivity contribution in [2.75, 3.05) is 26.1 Å². The van der Waals surface area contributed by atoms with Crippen molar-refractivity contribution in [1.29, 1.82) is 0 Å². The Morgan fingerprint density at radius 1 is 1.19 bits per heavy atom. The second kappa shape index (κ2) is 13.4. The maximum absolute atomic E-state index is 12.9. The predicted octanol–water partition coefficient (Wildman–Crippen LogP) is 6.77. The highest BCUT2D eigenvalue weighted by Crippen LogP contribution is 2.35. The van der Waals surface area contributed by atoms with Gasteiger partial charge in [-0.15, -0.1) is 11.3 Å². The van der Waals surface area contributed by atoms with E-state index in [2.05, 4.69) is 17.2 Å². The Morgan fingerprint density at radius 3 is 2.54 bits per heavy atom. The lowest BCUT2D eigenvalue weighted by Crippen LogP contribution is -2.12. The Labute approximate surface area is 228 Å². The number of aliphatic carboxylic acids is 1. The van der Waals surface area contributed by atoms with Crippen LogP contribution in [0.3, 0.4) is 0 Å². The van der Waals surface area contributed by atoms with Crippen LogP contribution in [-0.4, -0.2) is 42.8 Å². The summed E-state index contributed by atoms with van der Waals surface area (Å²) >= 11 is 13.8. The molecule has 3 aromatic rings. The van der Waals surface area contributed by atoms with Crippen molar-refractivity contribution in [1.82, 2.24) is 4.98 Å². The maximum Gasteiger partial charge on any atom is 0.371 e. The molecule has 196 valence electrons. The predicted molar refractivity (Wildman–Crippen MR) is 146 cm³/mol. The maximum atomic E-state index is 12.9. The highest BCUT2D eigenvalue weighted by Gasteiger charge is 2.18. The van der Waals surface area contributed by atoms with Crippen LogP contribution in [0.25, 0.3) is 17.3 Å². The third kappa shape index (κ3) is 7.23. The number of aromatic nitrogens is 1. The zero-order valence-corrected chi connectivity index (χ0v) is 22.8. The van der Waals surface area contributed by atoms with E-state index >= 15 is 0 Å². The minimum atomic E-state index is -1.28. The van der Waals surface area contributed by atoms with E-state index in [0.29, 0.717) is 29.8 Å². The second-order valence-corrected chi connectivity index (χ2v) is 9.44. The number of amides is 1. The molecule has 37 heavy (non-hydrogen) atoms. The van der Waals surface area contributed by atoms with E-state index < -0.39 is 11.9 Å². The quantitative estimate of drug-likeness (QED) is 0.142. The molecular formula is C26H26Cl2N2O6S. The molecule has 0 bridgehead atoms. The number of nitrogens with one attached hydrogen (secondary N) is 1. The lowest BCUT2D eigenvalue weighted by molar-refractivity contribution is -0.135. The number of hydrogen-bond acceptors (Lipinski definition) is 7. The van der Waals surface area contributed by atoms with Crippen molar-refractivity contribution in [2.24, 2.45) is 0 Å². The topological polar surface area (TPSA) is 107 Å². The van der Waals surface area contributed by atoms with Crippen LogP contribution in [0.1, 0.15) is 41.3 Å². The zero-order valence-electron chi connectivity index (χ0n) is 20.5. The number of benzene rings is 2. The van der Waals surface area contributed by atoms with Crippen molar-refractivity contribution in [3.63, 3.8) is 0 Å². The minimum absolute atomic E-state index is 0.0935. The molecule has 1 heterocycles. The number of nitrogens with zero attached hydrogens (tertiary/aromatic N) is 1. The Hall–Kier alpha value is -3.11. The molecule has 0 saturated heterocycles. The third-order valence-electron chi connectivity index (χ3n) is 5.25. The highest BCUT2D eigenvalue weighted by molar-refractivity contribution is 7.14. The minimum Gasteiger partial charge on any atom is -0.496 e. The Bertz CT molecular complexity index is 1280. The molecule has 8 nitrogen and oxygen atoms in total. The number of halogens is 2. The molecule has 0 unspecified atom stereocenters. The number of hydrogen-bond donors (Lipinski definition) is 2. The monoisotopic (exact) mass is 564 g/mol. The molecule has 0 saturated carbocycles. The Morgan fingerprint density at radius 2 is 1.92 bits per heavy atom. The van der Waals surface area contributed by atoms with E-state index in [9.17, 15) is 9.59 Å². The first-order valence-corrected chi connectivity index (χ1v) is 12.9. The molecule has 0 radical (unpaired) electrons. The molecule has 0 fully saturated rings. The van der Waals surface area contributed by atoms with E-state index in [-0.39, 0.29) is 26.9 Å². The first-order valence-electron chi connectivity index (χ1n) is 11.3. The van der Waals surface area contributed by atoms with Gasteiger partial charge < -0.3 is 19.3 Å². The molecule has 2 N–H and O–H groups in total. The summed E-state index contributed by atoms with van der Waals surface area (Å²) in [5, 5.41) is 14.3. The smallest absolute Gasteiger partial charge is 0.371 e. The SMILES string of the molecule is CCCCOCc1cccc(-c2csc(NC(=O)c3cc(Cl)c(C=C(OC)C(=O)O)c(Cl)c3)n2)c1OC. The molecule has 0 aliphatic rings. The zero-order chi connectivity index (χ0) is 26.9. The van der Waals surface area contributed by atoms with Gasteiger partial charge in [-0.1, -0.05) is 48.7 Å². The largest absolute Gasteiger partial charge is 0.496 e. The average molecular weight is 565 g/mol. The van der Waals surface area contributed by atoms with Crippen molar-refractivity contribution < 1.29 is 28.9 Å². The van der Waals surface area contributed by atoms with Gasteiger partial charge in [-0.3, -0.25) is 10.1 Å². The van der Waals surface area contributed by atoms with Gasteiger partial charge >= 0.3 is 5.97 Å². The van der Waals surface area contributed by atoms with Crippen LogP contribution < -0.4 is 10.1 Å².